The van der Waals surface area contributed by atoms with Gasteiger partial charge in [0.25, 0.3) is 0 Å². The van der Waals surface area contributed by atoms with Crippen molar-refractivity contribution in [3.63, 3.8) is 0 Å². The molecule has 1 amide bonds. The monoisotopic (exact) mass is 297 g/mol. The molecule has 1 aliphatic heterocycles. The first-order chi connectivity index (χ1) is 10.8. The predicted molar refractivity (Wildman–Crippen MR) is 83.1 cm³/mol. The summed E-state index contributed by atoms with van der Waals surface area (Å²) in [7, 11) is 0. The molecule has 1 unspecified atom stereocenters. The normalized spacial score (nSPS) is 18.0. The number of nitrogens with zero attached hydrogens (tertiary/aromatic N) is 4. The average Bonchev–Trinajstić information content (AvgIpc) is 2.61. The lowest BCUT2D eigenvalue weighted by Gasteiger charge is -2.32. The SMILES string of the molecule is O=C(NCc1ccccn1)C1CCCN(c2cnccn2)C1. The molecule has 0 spiro atoms. The molecule has 2 aromatic rings. The minimum absolute atomic E-state index is 0.0144. The lowest BCUT2D eigenvalue weighted by Crippen LogP contribution is -2.43. The molecular weight excluding hydrogens is 278 g/mol. The summed E-state index contributed by atoms with van der Waals surface area (Å²) >= 11 is 0. The maximum atomic E-state index is 12.3. The number of anilines is 1. The second kappa shape index (κ2) is 6.98. The van der Waals surface area contributed by atoms with E-state index >= 15 is 0 Å². The lowest BCUT2D eigenvalue weighted by atomic mass is 9.97. The molecule has 0 aliphatic carbocycles. The second-order valence-electron chi connectivity index (χ2n) is 5.39. The van der Waals surface area contributed by atoms with Crippen molar-refractivity contribution in [1.29, 1.82) is 0 Å². The Hall–Kier alpha value is -2.50. The summed E-state index contributed by atoms with van der Waals surface area (Å²) in [5, 5.41) is 2.98. The minimum Gasteiger partial charge on any atom is -0.355 e. The predicted octanol–water partition coefficient (Wildman–Crippen LogP) is 1.40. The highest BCUT2D eigenvalue weighted by molar-refractivity contribution is 5.79. The molecule has 1 atom stereocenters. The van der Waals surface area contributed by atoms with Crippen molar-refractivity contribution in [3.05, 3.63) is 48.7 Å². The second-order valence-corrected chi connectivity index (χ2v) is 5.39. The Kier molecular flexibility index (Phi) is 4.58. The van der Waals surface area contributed by atoms with Crippen LogP contribution in [0.3, 0.4) is 0 Å². The first-order valence-corrected chi connectivity index (χ1v) is 7.51. The highest BCUT2D eigenvalue weighted by Gasteiger charge is 2.26. The number of aromatic nitrogens is 3. The fourth-order valence-electron chi connectivity index (χ4n) is 2.68. The summed E-state index contributed by atoms with van der Waals surface area (Å²) in [6.07, 6.45) is 8.71. The fourth-order valence-corrected chi connectivity index (χ4v) is 2.68. The molecule has 0 radical (unpaired) electrons. The van der Waals surface area contributed by atoms with Crippen LogP contribution in [0.4, 0.5) is 5.82 Å². The van der Waals surface area contributed by atoms with Gasteiger partial charge in [0.15, 0.2) is 0 Å². The van der Waals surface area contributed by atoms with Crippen LogP contribution in [0.25, 0.3) is 0 Å². The first-order valence-electron chi connectivity index (χ1n) is 7.51. The van der Waals surface area contributed by atoms with Crippen molar-refractivity contribution >= 4 is 11.7 Å². The van der Waals surface area contributed by atoms with Gasteiger partial charge in [-0.3, -0.25) is 14.8 Å². The third kappa shape index (κ3) is 3.58. The standard InChI is InChI=1S/C16H19N5O/c22-16(20-10-14-5-1-2-6-18-14)13-4-3-9-21(12-13)15-11-17-7-8-19-15/h1-2,5-8,11,13H,3-4,9-10,12H2,(H,20,22). The van der Waals surface area contributed by atoms with Crippen LogP contribution in [0.5, 0.6) is 0 Å². The number of piperidine rings is 1. The van der Waals surface area contributed by atoms with Crippen molar-refractivity contribution in [3.8, 4) is 0 Å². The van der Waals surface area contributed by atoms with Gasteiger partial charge >= 0.3 is 0 Å². The zero-order chi connectivity index (χ0) is 15.2. The summed E-state index contributed by atoms with van der Waals surface area (Å²) < 4.78 is 0. The summed E-state index contributed by atoms with van der Waals surface area (Å²) in [4.78, 5) is 27.1. The zero-order valence-electron chi connectivity index (χ0n) is 12.4. The molecule has 2 aromatic heterocycles. The molecule has 0 aromatic carbocycles. The van der Waals surface area contributed by atoms with E-state index in [-0.39, 0.29) is 11.8 Å². The van der Waals surface area contributed by atoms with Crippen LogP contribution in [0.1, 0.15) is 18.5 Å². The molecule has 3 heterocycles. The van der Waals surface area contributed by atoms with Crippen molar-refractivity contribution in [1.82, 2.24) is 20.3 Å². The lowest BCUT2D eigenvalue weighted by molar-refractivity contribution is -0.125. The van der Waals surface area contributed by atoms with E-state index in [4.69, 9.17) is 0 Å². The van der Waals surface area contributed by atoms with Gasteiger partial charge in [0, 0.05) is 31.7 Å². The highest BCUT2D eigenvalue weighted by atomic mass is 16.1. The fraction of sp³-hybridized carbons (Fsp3) is 0.375. The van der Waals surface area contributed by atoms with Gasteiger partial charge in [0.2, 0.25) is 5.91 Å². The van der Waals surface area contributed by atoms with Crippen molar-refractivity contribution in [2.24, 2.45) is 5.92 Å². The van der Waals surface area contributed by atoms with Gasteiger partial charge in [-0.25, -0.2) is 4.98 Å². The Balaban J connectivity index is 1.56. The van der Waals surface area contributed by atoms with Gasteiger partial charge < -0.3 is 10.2 Å². The Labute approximate surface area is 129 Å². The molecular formula is C16H19N5O. The van der Waals surface area contributed by atoms with Crippen LogP contribution < -0.4 is 10.2 Å². The number of hydrogen-bond donors (Lipinski definition) is 1. The van der Waals surface area contributed by atoms with E-state index in [1.807, 2.05) is 18.2 Å². The van der Waals surface area contributed by atoms with Crippen molar-refractivity contribution < 1.29 is 4.79 Å². The van der Waals surface area contributed by atoms with Crippen LogP contribution in [-0.4, -0.2) is 33.9 Å². The highest BCUT2D eigenvalue weighted by Crippen LogP contribution is 2.21. The summed E-state index contributed by atoms with van der Waals surface area (Å²) in [6, 6.07) is 5.70. The van der Waals surface area contributed by atoms with Crippen LogP contribution in [0, 0.1) is 5.92 Å². The zero-order valence-corrected chi connectivity index (χ0v) is 12.4. The third-order valence-electron chi connectivity index (χ3n) is 3.84. The summed E-state index contributed by atoms with van der Waals surface area (Å²) in [6.45, 7) is 2.08. The van der Waals surface area contributed by atoms with E-state index in [1.54, 1.807) is 24.8 Å². The van der Waals surface area contributed by atoms with Gasteiger partial charge in [-0.15, -0.1) is 0 Å². The molecule has 22 heavy (non-hydrogen) atoms. The van der Waals surface area contributed by atoms with E-state index in [0.29, 0.717) is 13.1 Å². The minimum atomic E-state index is -0.0144. The van der Waals surface area contributed by atoms with E-state index < -0.39 is 0 Å². The summed E-state index contributed by atoms with van der Waals surface area (Å²) in [5.74, 6) is 0.906. The Morgan fingerprint density at radius 3 is 3.00 bits per heavy atom. The maximum Gasteiger partial charge on any atom is 0.225 e. The van der Waals surface area contributed by atoms with E-state index in [0.717, 1.165) is 30.9 Å². The molecule has 1 N–H and O–H groups in total. The largest absolute Gasteiger partial charge is 0.355 e. The summed E-state index contributed by atoms with van der Waals surface area (Å²) in [5.41, 5.74) is 0.873. The number of nitrogens with one attached hydrogen (secondary N) is 1. The molecule has 1 saturated heterocycles. The average molecular weight is 297 g/mol. The van der Waals surface area contributed by atoms with E-state index in [9.17, 15) is 4.79 Å². The maximum absolute atomic E-state index is 12.3. The van der Waals surface area contributed by atoms with Crippen LogP contribution in [0.15, 0.2) is 43.0 Å². The van der Waals surface area contributed by atoms with E-state index in [2.05, 4.69) is 25.2 Å². The molecule has 0 bridgehead atoms. The third-order valence-corrected chi connectivity index (χ3v) is 3.84. The Bertz CT molecular complexity index is 604. The Morgan fingerprint density at radius 2 is 2.23 bits per heavy atom. The molecule has 6 heteroatoms. The first kappa shape index (κ1) is 14.4. The van der Waals surface area contributed by atoms with E-state index in [1.165, 1.54) is 0 Å². The number of amides is 1. The molecule has 3 rings (SSSR count). The number of hydrogen-bond acceptors (Lipinski definition) is 5. The number of pyridine rings is 1. The number of rotatable bonds is 4. The van der Waals surface area contributed by atoms with Gasteiger partial charge in [-0.2, -0.15) is 0 Å². The van der Waals surface area contributed by atoms with Crippen LogP contribution >= 0.6 is 0 Å². The molecule has 1 fully saturated rings. The van der Waals surface area contributed by atoms with Crippen molar-refractivity contribution in [2.75, 3.05) is 18.0 Å². The topological polar surface area (TPSA) is 71.0 Å². The van der Waals surface area contributed by atoms with Gasteiger partial charge in [-0.05, 0) is 25.0 Å². The van der Waals surface area contributed by atoms with Gasteiger partial charge in [0.05, 0.1) is 24.4 Å². The number of carbonyl (C=O) groups is 1. The van der Waals surface area contributed by atoms with Gasteiger partial charge in [0.1, 0.15) is 5.82 Å². The molecule has 114 valence electrons. The quantitative estimate of drug-likeness (QED) is 0.924. The smallest absolute Gasteiger partial charge is 0.225 e. The van der Waals surface area contributed by atoms with Crippen molar-refractivity contribution in [2.45, 2.75) is 19.4 Å². The molecule has 6 nitrogen and oxygen atoms in total. The Morgan fingerprint density at radius 1 is 1.27 bits per heavy atom. The number of carbonyl (C=O) groups excluding carboxylic acids is 1. The molecule has 0 saturated carbocycles. The molecule has 1 aliphatic rings. The van der Waals surface area contributed by atoms with Crippen LogP contribution in [-0.2, 0) is 11.3 Å². The van der Waals surface area contributed by atoms with Crippen LogP contribution in [0.2, 0.25) is 0 Å². The van der Waals surface area contributed by atoms with Gasteiger partial charge in [-0.1, -0.05) is 6.07 Å².